The average Bonchev–Trinajstić information content (AvgIpc) is 3.42. The van der Waals surface area contributed by atoms with Gasteiger partial charge in [-0.2, -0.15) is 0 Å². The molecule has 0 radical (unpaired) electrons. The van der Waals surface area contributed by atoms with E-state index in [-0.39, 0.29) is 17.9 Å². The summed E-state index contributed by atoms with van der Waals surface area (Å²) in [4.78, 5) is 25.9. The lowest BCUT2D eigenvalue weighted by atomic mass is 9.44. The van der Waals surface area contributed by atoms with E-state index in [2.05, 4.69) is 45.3 Å². The first kappa shape index (κ1) is 38.9. The average molecular weight is 693 g/mol. The normalized spacial score (nSPS) is 43.9. The molecule has 0 aromatic rings. The molecule has 4 aliphatic carbocycles. The zero-order chi connectivity index (χ0) is 35.9. The van der Waals surface area contributed by atoms with Crippen LogP contribution in [0.25, 0.3) is 0 Å². The van der Waals surface area contributed by atoms with Crippen molar-refractivity contribution in [1.82, 2.24) is 10.6 Å². The van der Waals surface area contributed by atoms with Crippen LogP contribution >= 0.6 is 0 Å². The van der Waals surface area contributed by atoms with Crippen LogP contribution in [0.1, 0.15) is 125 Å². The van der Waals surface area contributed by atoms with E-state index in [1.807, 2.05) is 0 Å². The van der Waals surface area contributed by atoms with E-state index in [0.717, 1.165) is 54.8 Å². The lowest BCUT2D eigenvalue weighted by molar-refractivity contribution is -0.296. The maximum Gasteiger partial charge on any atom is 0.280 e. The van der Waals surface area contributed by atoms with Crippen molar-refractivity contribution in [3.05, 3.63) is 0 Å². The Morgan fingerprint density at radius 1 is 0.939 bits per heavy atom. The van der Waals surface area contributed by atoms with Crippen LogP contribution in [0.15, 0.2) is 0 Å². The highest BCUT2D eigenvalue weighted by Gasteiger charge is 2.61. The standard InChI is InChI=1S/C39H68N2O8/c1-22(2)9-8-10-23(3)28-13-14-29-27-12-11-25-19-26(15-17-37(25,5)30(27)16-18-38(28,29)6)41-36(47)39(48-7)20-31(44)33(40-24(4)43)35(49-39)34(46)32(45)21-42/h22-23,25-35,42,44-46H,8-21H2,1-7H3,(H,40,43)(H,41,47)/t23?,25?,26?,27?,28?,29?,30?,31-,32+,33+,34+,35+,37?,38?,39+/m0/s1. The minimum Gasteiger partial charge on any atom is -0.394 e. The number of ether oxygens (including phenoxy) is 2. The molecule has 0 aromatic heterocycles. The summed E-state index contributed by atoms with van der Waals surface area (Å²) < 4.78 is 11.7. The monoisotopic (exact) mass is 692 g/mol. The lowest BCUT2D eigenvalue weighted by Crippen LogP contribution is -2.69. The van der Waals surface area contributed by atoms with Gasteiger partial charge in [0.2, 0.25) is 5.91 Å². The van der Waals surface area contributed by atoms with Crippen LogP contribution in [0.3, 0.4) is 0 Å². The number of rotatable bonds is 12. The highest BCUT2D eigenvalue weighted by molar-refractivity contribution is 5.84. The molecule has 2 amide bonds. The Labute approximate surface area is 294 Å². The molecule has 5 fully saturated rings. The lowest BCUT2D eigenvalue weighted by Gasteiger charge is -2.61. The van der Waals surface area contributed by atoms with Crippen molar-refractivity contribution in [2.75, 3.05) is 13.7 Å². The van der Waals surface area contributed by atoms with Gasteiger partial charge >= 0.3 is 0 Å². The second-order valence-corrected chi connectivity index (χ2v) is 17.9. The van der Waals surface area contributed by atoms with Gasteiger partial charge in [-0.3, -0.25) is 9.59 Å². The van der Waals surface area contributed by atoms with Gasteiger partial charge in [0.1, 0.15) is 18.3 Å². The number of aliphatic hydroxyl groups excluding tert-OH is 4. The molecular weight excluding hydrogens is 624 g/mol. The van der Waals surface area contributed by atoms with Crippen LogP contribution in [0.2, 0.25) is 0 Å². The molecule has 49 heavy (non-hydrogen) atoms. The predicted octanol–water partition coefficient (Wildman–Crippen LogP) is 4.30. The molecule has 0 spiro atoms. The highest BCUT2D eigenvalue weighted by Crippen LogP contribution is 2.68. The van der Waals surface area contributed by atoms with Crippen molar-refractivity contribution in [2.24, 2.45) is 52.3 Å². The molecule has 1 saturated heterocycles. The van der Waals surface area contributed by atoms with Crippen LogP contribution < -0.4 is 10.6 Å². The van der Waals surface area contributed by atoms with Gasteiger partial charge in [0, 0.05) is 26.5 Å². The molecule has 0 bridgehead atoms. The summed E-state index contributed by atoms with van der Waals surface area (Å²) in [6, 6.07) is -1.19. The number of carbonyl (C=O) groups excluding carboxylic acids is 2. The van der Waals surface area contributed by atoms with Gasteiger partial charge in [-0.25, -0.2) is 0 Å². The number of hydrogen-bond donors (Lipinski definition) is 6. The molecule has 1 aliphatic heterocycles. The quantitative estimate of drug-likeness (QED) is 0.177. The van der Waals surface area contributed by atoms with E-state index in [9.17, 15) is 30.0 Å². The fourth-order valence-corrected chi connectivity index (χ4v) is 12.1. The summed E-state index contributed by atoms with van der Waals surface area (Å²) in [7, 11) is 1.31. The molecular formula is C39H68N2O8. The Kier molecular flexibility index (Phi) is 12.2. The summed E-state index contributed by atoms with van der Waals surface area (Å²) >= 11 is 0. The minimum absolute atomic E-state index is 0.0780. The maximum absolute atomic E-state index is 14.0. The van der Waals surface area contributed by atoms with Crippen LogP contribution in [0.4, 0.5) is 0 Å². The molecule has 10 heteroatoms. The molecule has 5 rings (SSSR count). The molecule has 0 aromatic carbocycles. The third-order valence-corrected chi connectivity index (χ3v) is 14.7. The predicted molar refractivity (Wildman–Crippen MR) is 187 cm³/mol. The van der Waals surface area contributed by atoms with E-state index in [0.29, 0.717) is 11.3 Å². The first-order valence-corrected chi connectivity index (χ1v) is 19.6. The Balaban J connectivity index is 1.24. The van der Waals surface area contributed by atoms with E-state index in [1.165, 1.54) is 71.8 Å². The molecule has 15 atom stereocenters. The zero-order valence-electron chi connectivity index (χ0n) is 31.3. The third-order valence-electron chi connectivity index (χ3n) is 14.7. The number of amides is 2. The van der Waals surface area contributed by atoms with Crippen molar-refractivity contribution in [3.8, 4) is 0 Å². The molecule has 4 saturated carbocycles. The van der Waals surface area contributed by atoms with Gasteiger partial charge in [0.05, 0.1) is 18.8 Å². The van der Waals surface area contributed by atoms with Crippen molar-refractivity contribution in [3.63, 3.8) is 0 Å². The largest absolute Gasteiger partial charge is 0.394 e. The third kappa shape index (κ3) is 7.48. The zero-order valence-corrected chi connectivity index (χ0v) is 31.3. The number of hydrogen-bond acceptors (Lipinski definition) is 8. The maximum atomic E-state index is 14.0. The molecule has 9 unspecified atom stereocenters. The molecule has 10 nitrogen and oxygen atoms in total. The number of aliphatic hydroxyl groups is 4. The first-order valence-electron chi connectivity index (χ1n) is 19.6. The van der Waals surface area contributed by atoms with Gasteiger partial charge in [-0.1, -0.05) is 53.9 Å². The van der Waals surface area contributed by atoms with E-state index >= 15 is 0 Å². The van der Waals surface area contributed by atoms with Gasteiger partial charge in [-0.15, -0.1) is 0 Å². The summed E-state index contributed by atoms with van der Waals surface area (Å²) in [5.41, 5.74) is 0.716. The summed E-state index contributed by atoms with van der Waals surface area (Å²) in [5.74, 6) is 2.33. The second-order valence-electron chi connectivity index (χ2n) is 17.9. The fraction of sp³-hybridized carbons (Fsp3) is 0.949. The van der Waals surface area contributed by atoms with Crippen molar-refractivity contribution < 1.29 is 39.5 Å². The van der Waals surface area contributed by atoms with Crippen LogP contribution in [-0.2, 0) is 19.1 Å². The van der Waals surface area contributed by atoms with Crippen LogP contribution in [-0.4, -0.2) is 88.2 Å². The molecule has 6 N–H and O–H groups in total. The van der Waals surface area contributed by atoms with Gasteiger partial charge < -0.3 is 40.5 Å². The summed E-state index contributed by atoms with van der Waals surface area (Å²) in [6.07, 6.45) is 8.44. The first-order chi connectivity index (χ1) is 23.1. The fourth-order valence-electron chi connectivity index (χ4n) is 12.1. The molecule has 282 valence electrons. The Morgan fingerprint density at radius 3 is 2.29 bits per heavy atom. The van der Waals surface area contributed by atoms with Gasteiger partial charge in [0.25, 0.3) is 11.7 Å². The highest BCUT2D eigenvalue weighted by atomic mass is 16.7. The van der Waals surface area contributed by atoms with Crippen LogP contribution in [0.5, 0.6) is 0 Å². The van der Waals surface area contributed by atoms with Crippen molar-refractivity contribution in [2.45, 2.75) is 167 Å². The Bertz CT molecular complexity index is 1150. The topological polar surface area (TPSA) is 158 Å². The molecule has 5 aliphatic rings. The van der Waals surface area contributed by atoms with E-state index in [4.69, 9.17) is 9.47 Å². The van der Waals surface area contributed by atoms with E-state index in [1.54, 1.807) is 0 Å². The number of methoxy groups -OCH3 is 1. The van der Waals surface area contributed by atoms with Gasteiger partial charge in [0.15, 0.2) is 0 Å². The minimum atomic E-state index is -1.94. The SMILES string of the molecule is CO[C@]1(C(=O)NC2CCC3(C)C(CCC4C3CCC3(C)C(C(C)CCCC(C)C)CCC43)C2)C[C@H](O)[C@@H](NC(C)=O)[C@H]([C@H](O)[C@H](O)CO)O1. The van der Waals surface area contributed by atoms with Crippen molar-refractivity contribution in [1.29, 1.82) is 0 Å². The number of carbonyl (C=O) groups is 2. The second kappa shape index (κ2) is 15.4. The summed E-state index contributed by atoms with van der Waals surface area (Å²) in [5, 5.41) is 47.3. The van der Waals surface area contributed by atoms with E-state index < -0.39 is 54.7 Å². The van der Waals surface area contributed by atoms with Gasteiger partial charge in [-0.05, 0) is 110 Å². The number of fused-ring (bicyclic) bond motifs is 5. The number of nitrogens with one attached hydrogen (secondary N) is 2. The smallest absolute Gasteiger partial charge is 0.280 e. The van der Waals surface area contributed by atoms with Crippen molar-refractivity contribution >= 4 is 11.8 Å². The Hall–Kier alpha value is -1.30. The van der Waals surface area contributed by atoms with Crippen LogP contribution in [0, 0.1) is 52.3 Å². The molecule has 1 heterocycles. The Morgan fingerprint density at radius 2 is 1.63 bits per heavy atom. The summed E-state index contributed by atoms with van der Waals surface area (Å²) in [6.45, 7) is 12.9.